The lowest BCUT2D eigenvalue weighted by Gasteiger charge is -2.35. The van der Waals surface area contributed by atoms with Gasteiger partial charge in [-0.15, -0.1) is 0 Å². The zero-order valence-corrected chi connectivity index (χ0v) is 15.1. The average molecular weight is 357 g/mol. The Morgan fingerprint density at radius 1 is 1.12 bits per heavy atom. The molecule has 134 valence electrons. The Balaban J connectivity index is 1.93. The number of rotatable bonds is 3. The smallest absolute Gasteiger partial charge is 0.317 e. The van der Waals surface area contributed by atoms with Gasteiger partial charge in [-0.25, -0.2) is 17.6 Å². The first kappa shape index (κ1) is 18.7. The number of carbonyl (C=O) groups excluding carboxylic acids is 1. The number of hydrogen-bond acceptors (Lipinski definition) is 3. The molecule has 1 fully saturated rings. The molecule has 0 spiro atoms. The van der Waals surface area contributed by atoms with Crippen LogP contribution in [0.3, 0.4) is 0 Å². The highest BCUT2D eigenvalue weighted by atomic mass is 32.2. The molecule has 6 nitrogen and oxygen atoms in total. The van der Waals surface area contributed by atoms with Gasteiger partial charge >= 0.3 is 6.03 Å². The van der Waals surface area contributed by atoms with E-state index in [4.69, 9.17) is 0 Å². The summed E-state index contributed by atoms with van der Waals surface area (Å²) in [5.41, 5.74) is 0.215. The molecule has 0 aliphatic carbocycles. The molecule has 0 bridgehead atoms. The number of benzene rings is 1. The number of hydrogen-bond donors (Lipinski definition) is 1. The van der Waals surface area contributed by atoms with Gasteiger partial charge in [0, 0.05) is 31.7 Å². The molecular formula is C16H24FN3O3S. The molecule has 0 saturated carbocycles. The Labute approximate surface area is 142 Å². The second kappa shape index (κ2) is 7.06. The quantitative estimate of drug-likeness (QED) is 0.896. The molecule has 1 heterocycles. The monoisotopic (exact) mass is 357 g/mol. The summed E-state index contributed by atoms with van der Waals surface area (Å²) >= 11 is 0. The number of halogens is 1. The molecule has 1 aliphatic heterocycles. The third-order valence-electron chi connectivity index (χ3n) is 3.66. The van der Waals surface area contributed by atoms with E-state index in [1.807, 2.05) is 20.8 Å². The third kappa shape index (κ3) is 5.17. The summed E-state index contributed by atoms with van der Waals surface area (Å²) in [6.07, 6.45) is 0. The number of sulfonamides is 1. The highest BCUT2D eigenvalue weighted by Crippen LogP contribution is 2.14. The summed E-state index contributed by atoms with van der Waals surface area (Å²) in [5, 5.41) is 2.87. The summed E-state index contributed by atoms with van der Waals surface area (Å²) in [6, 6.07) is 5.26. The number of amides is 2. The SMILES string of the molecule is CC(C)(C)NC(=O)N1CCN(S(=O)(=O)Cc2ccc(F)cc2)CC1. The molecular weight excluding hydrogens is 333 g/mol. The van der Waals surface area contributed by atoms with E-state index in [9.17, 15) is 17.6 Å². The van der Waals surface area contributed by atoms with Crippen molar-refractivity contribution in [2.75, 3.05) is 26.2 Å². The first-order valence-electron chi connectivity index (χ1n) is 7.86. The summed E-state index contributed by atoms with van der Waals surface area (Å²) < 4.78 is 39.2. The molecule has 24 heavy (non-hydrogen) atoms. The number of nitrogens with zero attached hydrogens (tertiary/aromatic N) is 2. The third-order valence-corrected chi connectivity index (χ3v) is 5.51. The predicted octanol–water partition coefficient (Wildman–Crippen LogP) is 1.78. The summed E-state index contributed by atoms with van der Waals surface area (Å²) in [5.74, 6) is -0.559. The van der Waals surface area contributed by atoms with E-state index in [-0.39, 0.29) is 30.4 Å². The highest BCUT2D eigenvalue weighted by Gasteiger charge is 2.30. The van der Waals surface area contributed by atoms with Gasteiger partial charge in [0.25, 0.3) is 0 Å². The maximum atomic E-state index is 12.9. The van der Waals surface area contributed by atoms with Crippen LogP contribution in [0.5, 0.6) is 0 Å². The fraction of sp³-hybridized carbons (Fsp3) is 0.562. The Hall–Kier alpha value is -1.67. The Bertz CT molecular complexity index is 676. The van der Waals surface area contributed by atoms with Crippen LogP contribution in [0, 0.1) is 5.82 Å². The maximum absolute atomic E-state index is 12.9. The number of nitrogens with one attached hydrogen (secondary N) is 1. The van der Waals surface area contributed by atoms with Gasteiger partial charge < -0.3 is 10.2 Å². The first-order valence-corrected chi connectivity index (χ1v) is 9.47. The Morgan fingerprint density at radius 2 is 1.67 bits per heavy atom. The highest BCUT2D eigenvalue weighted by molar-refractivity contribution is 7.88. The minimum atomic E-state index is -3.48. The number of urea groups is 1. The van der Waals surface area contributed by atoms with E-state index in [1.165, 1.54) is 28.6 Å². The van der Waals surface area contributed by atoms with Gasteiger partial charge in [0.1, 0.15) is 5.82 Å². The zero-order valence-electron chi connectivity index (χ0n) is 14.3. The van der Waals surface area contributed by atoms with Gasteiger partial charge in [0.15, 0.2) is 0 Å². The fourth-order valence-corrected chi connectivity index (χ4v) is 3.97. The van der Waals surface area contributed by atoms with Crippen LogP contribution in [0.15, 0.2) is 24.3 Å². The summed E-state index contributed by atoms with van der Waals surface area (Å²) in [6.45, 7) is 6.92. The predicted molar refractivity (Wildman–Crippen MR) is 90.5 cm³/mol. The van der Waals surface area contributed by atoms with Crippen LogP contribution >= 0.6 is 0 Å². The molecule has 1 saturated heterocycles. The van der Waals surface area contributed by atoms with E-state index in [1.54, 1.807) is 4.90 Å². The second-order valence-corrected chi connectivity index (χ2v) is 8.92. The normalized spacial score (nSPS) is 16.9. The molecule has 0 aromatic heterocycles. The number of piperazine rings is 1. The molecule has 0 radical (unpaired) electrons. The minimum absolute atomic E-state index is 0.165. The molecule has 1 aromatic rings. The van der Waals surface area contributed by atoms with Crippen LogP contribution in [0.4, 0.5) is 9.18 Å². The lowest BCUT2D eigenvalue weighted by atomic mass is 10.1. The van der Waals surface area contributed by atoms with Crippen molar-refractivity contribution in [1.29, 1.82) is 0 Å². The van der Waals surface area contributed by atoms with Gasteiger partial charge in [-0.3, -0.25) is 0 Å². The molecule has 1 N–H and O–H groups in total. The van der Waals surface area contributed by atoms with Crippen LogP contribution in [0.1, 0.15) is 26.3 Å². The van der Waals surface area contributed by atoms with Crippen molar-refractivity contribution in [3.63, 3.8) is 0 Å². The second-order valence-electron chi connectivity index (χ2n) is 6.95. The van der Waals surface area contributed by atoms with Crippen molar-refractivity contribution in [2.24, 2.45) is 0 Å². The van der Waals surface area contributed by atoms with Crippen molar-refractivity contribution >= 4 is 16.1 Å². The fourth-order valence-electron chi connectivity index (χ4n) is 2.45. The van der Waals surface area contributed by atoms with Crippen molar-refractivity contribution < 1.29 is 17.6 Å². The molecule has 1 aromatic carbocycles. The topological polar surface area (TPSA) is 69.7 Å². The van der Waals surface area contributed by atoms with Crippen LogP contribution < -0.4 is 5.32 Å². The molecule has 0 atom stereocenters. The van der Waals surface area contributed by atoms with Crippen molar-refractivity contribution in [3.05, 3.63) is 35.6 Å². The first-order chi connectivity index (χ1) is 11.1. The van der Waals surface area contributed by atoms with Gasteiger partial charge in [-0.2, -0.15) is 4.31 Å². The summed E-state index contributed by atoms with van der Waals surface area (Å²) in [7, 11) is -3.48. The zero-order chi connectivity index (χ0) is 18.0. The van der Waals surface area contributed by atoms with Crippen LogP contribution in [-0.2, 0) is 15.8 Å². The Kier molecular flexibility index (Phi) is 5.49. The number of carbonyl (C=O) groups is 1. The molecule has 1 aliphatic rings. The van der Waals surface area contributed by atoms with Crippen LogP contribution in [0.2, 0.25) is 0 Å². The average Bonchev–Trinajstić information content (AvgIpc) is 2.48. The van der Waals surface area contributed by atoms with Crippen molar-refractivity contribution in [3.8, 4) is 0 Å². The van der Waals surface area contributed by atoms with E-state index in [0.29, 0.717) is 18.7 Å². The molecule has 0 unspecified atom stereocenters. The molecule has 8 heteroatoms. The largest absolute Gasteiger partial charge is 0.333 e. The van der Waals surface area contributed by atoms with E-state index >= 15 is 0 Å². The van der Waals surface area contributed by atoms with Crippen molar-refractivity contribution in [1.82, 2.24) is 14.5 Å². The minimum Gasteiger partial charge on any atom is -0.333 e. The van der Waals surface area contributed by atoms with Gasteiger partial charge in [-0.1, -0.05) is 12.1 Å². The molecule has 2 amide bonds. The van der Waals surface area contributed by atoms with E-state index < -0.39 is 15.8 Å². The lowest BCUT2D eigenvalue weighted by Crippen LogP contribution is -2.56. The standard InChI is InChI=1S/C16H24FN3O3S/c1-16(2,3)18-15(21)19-8-10-20(11-9-19)24(22,23)12-13-4-6-14(17)7-5-13/h4-7H,8-12H2,1-3H3,(H,18,21). The van der Waals surface area contributed by atoms with Gasteiger partial charge in [-0.05, 0) is 38.5 Å². The maximum Gasteiger partial charge on any atom is 0.317 e. The van der Waals surface area contributed by atoms with E-state index in [0.717, 1.165) is 0 Å². The van der Waals surface area contributed by atoms with Gasteiger partial charge in [0.05, 0.1) is 5.75 Å². The Morgan fingerprint density at radius 3 is 2.17 bits per heavy atom. The van der Waals surface area contributed by atoms with Crippen molar-refractivity contribution in [2.45, 2.75) is 32.1 Å². The van der Waals surface area contributed by atoms with E-state index in [2.05, 4.69) is 5.32 Å². The summed E-state index contributed by atoms with van der Waals surface area (Å²) in [4.78, 5) is 13.7. The molecule has 2 rings (SSSR count). The van der Waals surface area contributed by atoms with Crippen LogP contribution in [0.25, 0.3) is 0 Å². The van der Waals surface area contributed by atoms with Crippen LogP contribution in [-0.4, -0.2) is 55.4 Å². The lowest BCUT2D eigenvalue weighted by molar-refractivity contribution is 0.165. The van der Waals surface area contributed by atoms with Gasteiger partial charge in [0.2, 0.25) is 10.0 Å².